The Labute approximate surface area is 113 Å². The lowest BCUT2D eigenvalue weighted by atomic mass is 10.4. The molecule has 0 bridgehead atoms. The first-order valence-corrected chi connectivity index (χ1v) is 5.45. The number of imide groups is 2. The third-order valence-corrected chi connectivity index (χ3v) is 2.05. The van der Waals surface area contributed by atoms with E-state index < -0.39 is 29.6 Å². The summed E-state index contributed by atoms with van der Waals surface area (Å²) >= 11 is 0. The summed E-state index contributed by atoms with van der Waals surface area (Å²) in [5, 5.41) is 24.6. The van der Waals surface area contributed by atoms with Crippen LogP contribution in [0.25, 0.3) is 0 Å². The zero-order chi connectivity index (χ0) is 15.9. The fourth-order valence-electron chi connectivity index (χ4n) is 1.13. The van der Waals surface area contributed by atoms with E-state index in [0.29, 0.717) is 0 Å². The van der Waals surface area contributed by atoms with Crippen LogP contribution in [-0.4, -0.2) is 55.2 Å². The Morgan fingerprint density at radius 1 is 0.800 bits per heavy atom. The number of nitrogens with zero attached hydrogens (tertiary/aromatic N) is 2. The first kappa shape index (κ1) is 17.7. The van der Waals surface area contributed by atoms with Crippen molar-refractivity contribution < 1.29 is 39.5 Å². The van der Waals surface area contributed by atoms with Gasteiger partial charge in [0.15, 0.2) is 0 Å². The molecule has 112 valence electrons. The molecule has 20 heavy (non-hydrogen) atoms. The minimum atomic E-state index is -0.833. The molecule has 2 saturated heterocycles. The molecule has 0 saturated carbocycles. The van der Waals surface area contributed by atoms with Crippen LogP contribution in [0, 0.1) is 0 Å². The number of hydroxylamine groups is 4. The highest BCUT2D eigenvalue weighted by atomic mass is 16.5. The molecule has 2 aliphatic heterocycles. The molecule has 0 spiro atoms. The first-order chi connectivity index (χ1) is 9.16. The van der Waals surface area contributed by atoms with E-state index >= 15 is 0 Å². The molecule has 2 aliphatic rings. The van der Waals surface area contributed by atoms with Crippen molar-refractivity contribution in [1.29, 1.82) is 0 Å². The zero-order valence-electron chi connectivity index (χ0n) is 10.6. The lowest BCUT2D eigenvalue weighted by Crippen LogP contribution is -2.24. The minimum absolute atomic E-state index is 0.148. The van der Waals surface area contributed by atoms with E-state index in [4.69, 9.17) is 20.3 Å². The number of carbonyl (C=O) groups is 5. The number of hydrogen-bond donors (Lipinski definition) is 3. The highest BCUT2D eigenvalue weighted by Crippen LogP contribution is 2.07. The molecule has 2 heterocycles. The van der Waals surface area contributed by atoms with E-state index in [1.54, 1.807) is 0 Å². The van der Waals surface area contributed by atoms with Crippen molar-refractivity contribution in [1.82, 2.24) is 10.1 Å². The summed E-state index contributed by atoms with van der Waals surface area (Å²) in [4.78, 5) is 50.0. The predicted octanol–water partition coefficient (Wildman–Crippen LogP) is -0.860. The van der Waals surface area contributed by atoms with Gasteiger partial charge in [-0.15, -0.1) is 0 Å². The smallest absolute Gasteiger partial charge is 0.300 e. The van der Waals surface area contributed by atoms with Crippen LogP contribution in [0.4, 0.5) is 0 Å². The lowest BCUT2D eigenvalue weighted by molar-refractivity contribution is -0.172. The molecule has 0 aliphatic carbocycles. The highest BCUT2D eigenvalue weighted by Gasteiger charge is 2.27. The minimum Gasteiger partial charge on any atom is -0.481 e. The van der Waals surface area contributed by atoms with Crippen LogP contribution < -0.4 is 0 Å². The van der Waals surface area contributed by atoms with Crippen LogP contribution >= 0.6 is 0 Å². The zero-order valence-corrected chi connectivity index (χ0v) is 10.6. The van der Waals surface area contributed by atoms with Crippen LogP contribution in [0.1, 0.15) is 32.6 Å². The van der Waals surface area contributed by atoms with Gasteiger partial charge in [0.1, 0.15) is 0 Å². The van der Waals surface area contributed by atoms with Gasteiger partial charge >= 0.3 is 0 Å². The second-order valence-electron chi connectivity index (χ2n) is 3.72. The van der Waals surface area contributed by atoms with Crippen molar-refractivity contribution in [3.8, 4) is 0 Å². The monoisotopic (exact) mass is 290 g/mol. The third kappa shape index (κ3) is 6.02. The molecule has 10 nitrogen and oxygen atoms in total. The number of carboxylic acids is 1. The maximum absolute atomic E-state index is 10.2. The molecule has 0 aromatic carbocycles. The van der Waals surface area contributed by atoms with Gasteiger partial charge in [-0.2, -0.15) is 10.1 Å². The molecular formula is C10H14N2O8. The van der Waals surface area contributed by atoms with E-state index in [9.17, 15) is 19.2 Å². The van der Waals surface area contributed by atoms with Crippen LogP contribution in [0.5, 0.6) is 0 Å². The molecule has 10 heteroatoms. The average Bonchev–Trinajstić information content (AvgIpc) is 2.80. The van der Waals surface area contributed by atoms with Gasteiger partial charge in [0.2, 0.25) is 0 Å². The average molecular weight is 290 g/mol. The van der Waals surface area contributed by atoms with Gasteiger partial charge in [0.25, 0.3) is 29.6 Å². The van der Waals surface area contributed by atoms with Gasteiger partial charge < -0.3 is 5.11 Å². The second kappa shape index (κ2) is 7.96. The Hall–Kier alpha value is -2.33. The largest absolute Gasteiger partial charge is 0.481 e. The number of rotatable bonds is 0. The van der Waals surface area contributed by atoms with Crippen LogP contribution in [-0.2, 0) is 24.0 Å². The molecule has 0 atom stereocenters. The highest BCUT2D eigenvalue weighted by molar-refractivity contribution is 6.00. The van der Waals surface area contributed by atoms with Crippen LogP contribution in [0.15, 0.2) is 0 Å². The molecule has 2 fully saturated rings. The van der Waals surface area contributed by atoms with E-state index in [1.807, 2.05) is 0 Å². The molecule has 4 amide bonds. The second-order valence-corrected chi connectivity index (χ2v) is 3.72. The quantitative estimate of drug-likeness (QED) is 0.385. The molecular weight excluding hydrogens is 276 g/mol. The molecule has 0 radical (unpaired) electrons. The maximum atomic E-state index is 10.2. The van der Waals surface area contributed by atoms with Crippen LogP contribution in [0.2, 0.25) is 0 Å². The summed E-state index contributed by atoms with van der Waals surface area (Å²) in [6, 6.07) is 0. The van der Waals surface area contributed by atoms with Crippen molar-refractivity contribution in [3.05, 3.63) is 0 Å². The van der Waals surface area contributed by atoms with Gasteiger partial charge in [-0.3, -0.25) is 34.4 Å². The number of aliphatic carboxylic acids is 1. The Bertz CT molecular complexity index is 363. The number of amides is 4. The fourth-order valence-corrected chi connectivity index (χ4v) is 1.13. The standard InChI is InChI=1S/2C4H5NO3.C2H4O2/c2*6-3-1-2-4(7)5(3)8;1-2(3)4/h2*8H,1-2H2;1H3,(H,3,4). The normalized spacial score (nSPS) is 17.6. The van der Waals surface area contributed by atoms with Crippen molar-refractivity contribution in [2.45, 2.75) is 32.6 Å². The van der Waals surface area contributed by atoms with Crippen molar-refractivity contribution in [3.63, 3.8) is 0 Å². The van der Waals surface area contributed by atoms with E-state index in [2.05, 4.69) is 0 Å². The van der Waals surface area contributed by atoms with Gasteiger partial charge in [-0.25, -0.2) is 0 Å². The Morgan fingerprint density at radius 3 is 1.00 bits per heavy atom. The molecule has 0 aromatic rings. The number of hydrogen-bond acceptors (Lipinski definition) is 7. The van der Waals surface area contributed by atoms with Crippen LogP contribution in [0.3, 0.4) is 0 Å². The summed E-state index contributed by atoms with van der Waals surface area (Å²) in [5.74, 6) is -2.85. The molecule has 2 rings (SSSR count). The summed E-state index contributed by atoms with van der Waals surface area (Å²) in [6.45, 7) is 1.08. The van der Waals surface area contributed by atoms with E-state index in [0.717, 1.165) is 6.92 Å². The predicted molar refractivity (Wildman–Crippen MR) is 59.1 cm³/mol. The van der Waals surface area contributed by atoms with Gasteiger partial charge in [0, 0.05) is 32.6 Å². The van der Waals surface area contributed by atoms with E-state index in [1.165, 1.54) is 0 Å². The topological polar surface area (TPSA) is 153 Å². The first-order valence-electron chi connectivity index (χ1n) is 5.45. The summed E-state index contributed by atoms with van der Waals surface area (Å²) in [7, 11) is 0. The third-order valence-electron chi connectivity index (χ3n) is 2.05. The van der Waals surface area contributed by atoms with E-state index in [-0.39, 0.29) is 35.8 Å². The lowest BCUT2D eigenvalue weighted by Gasteiger charge is -1.98. The molecule has 0 aromatic heterocycles. The Morgan fingerprint density at radius 2 is 0.950 bits per heavy atom. The van der Waals surface area contributed by atoms with Gasteiger partial charge in [-0.05, 0) is 0 Å². The van der Waals surface area contributed by atoms with Crippen molar-refractivity contribution >= 4 is 29.6 Å². The van der Waals surface area contributed by atoms with Gasteiger partial charge in [-0.1, -0.05) is 0 Å². The Kier molecular flexibility index (Phi) is 7.04. The number of carboxylic acid groups (broad SMARTS) is 1. The number of carbonyl (C=O) groups excluding carboxylic acids is 4. The van der Waals surface area contributed by atoms with Crippen molar-refractivity contribution in [2.75, 3.05) is 0 Å². The summed E-state index contributed by atoms with van der Waals surface area (Å²) in [5.41, 5.74) is 0. The van der Waals surface area contributed by atoms with Gasteiger partial charge in [0.05, 0.1) is 0 Å². The SMILES string of the molecule is CC(=O)O.O=C1CCC(=O)N1O.O=C1CCC(=O)N1O. The van der Waals surface area contributed by atoms with Crippen molar-refractivity contribution in [2.24, 2.45) is 0 Å². The summed E-state index contributed by atoms with van der Waals surface area (Å²) in [6.07, 6.45) is 0.593. The molecule has 3 N–H and O–H groups in total. The maximum Gasteiger partial charge on any atom is 0.300 e. The fraction of sp³-hybridized carbons (Fsp3) is 0.500. The molecule has 0 unspecified atom stereocenters. The summed E-state index contributed by atoms with van der Waals surface area (Å²) < 4.78 is 0. The Balaban J connectivity index is 0.000000289.